The first-order chi connectivity index (χ1) is 13.6. The van der Waals surface area contributed by atoms with Crippen LogP contribution in [0.2, 0.25) is 0 Å². The first kappa shape index (κ1) is 27.1. The van der Waals surface area contributed by atoms with Crippen molar-refractivity contribution in [3.05, 3.63) is 12.2 Å². The molecule has 0 radical (unpaired) electrons. The van der Waals surface area contributed by atoms with Crippen molar-refractivity contribution in [1.82, 2.24) is 0 Å². The first-order valence-electron chi connectivity index (χ1n) is 11.0. The fraction of sp³-hybridized carbons (Fsp3) is 0.857. The van der Waals surface area contributed by atoms with Gasteiger partial charge in [0.1, 0.15) is 6.10 Å². The SMILES string of the molecule is CCCCCCCCC=CCCCCCCCC(=O)OC(CO)COB(O)O. The molecule has 7 heteroatoms. The molecule has 0 heterocycles. The number of esters is 1. The van der Waals surface area contributed by atoms with Gasteiger partial charge in [-0.05, 0) is 32.1 Å². The number of carbonyl (C=O) groups excluding carboxylic acids is 1. The van der Waals surface area contributed by atoms with Crippen LogP contribution in [-0.2, 0) is 14.2 Å². The zero-order valence-corrected chi connectivity index (χ0v) is 17.7. The molecule has 6 nitrogen and oxygen atoms in total. The number of unbranched alkanes of at least 4 members (excludes halogenated alkanes) is 11. The van der Waals surface area contributed by atoms with Crippen LogP contribution in [0.25, 0.3) is 0 Å². The van der Waals surface area contributed by atoms with E-state index in [4.69, 9.17) is 19.9 Å². The normalized spacial score (nSPS) is 12.4. The van der Waals surface area contributed by atoms with E-state index < -0.39 is 26.0 Å². The average Bonchev–Trinajstić information content (AvgIpc) is 2.68. The summed E-state index contributed by atoms with van der Waals surface area (Å²) in [5, 5.41) is 26.2. The Morgan fingerprint density at radius 1 is 0.893 bits per heavy atom. The molecule has 0 aliphatic rings. The summed E-state index contributed by atoms with van der Waals surface area (Å²) in [6, 6.07) is 0. The second kappa shape index (κ2) is 20.8. The number of ether oxygens (including phenoxy) is 1. The summed E-state index contributed by atoms with van der Waals surface area (Å²) in [6.07, 6.45) is 19.6. The molecule has 0 aliphatic carbocycles. The lowest BCUT2D eigenvalue weighted by Crippen LogP contribution is -2.31. The molecule has 0 amide bonds. The Labute approximate surface area is 171 Å². The van der Waals surface area contributed by atoms with Gasteiger partial charge >= 0.3 is 13.3 Å². The zero-order valence-electron chi connectivity index (χ0n) is 17.7. The van der Waals surface area contributed by atoms with Gasteiger partial charge in [0.25, 0.3) is 0 Å². The molecule has 0 fully saturated rings. The van der Waals surface area contributed by atoms with Crippen LogP contribution in [-0.4, -0.2) is 47.8 Å². The highest BCUT2D eigenvalue weighted by Crippen LogP contribution is 2.10. The van der Waals surface area contributed by atoms with Gasteiger partial charge in [0.05, 0.1) is 13.2 Å². The van der Waals surface area contributed by atoms with Crippen molar-refractivity contribution in [2.24, 2.45) is 0 Å². The molecule has 0 aromatic carbocycles. The van der Waals surface area contributed by atoms with Crippen molar-refractivity contribution in [2.75, 3.05) is 13.2 Å². The highest BCUT2D eigenvalue weighted by atomic mass is 16.6. The molecule has 1 atom stereocenters. The molecule has 0 bridgehead atoms. The monoisotopic (exact) mass is 400 g/mol. The average molecular weight is 400 g/mol. The molecule has 0 aliphatic heterocycles. The van der Waals surface area contributed by atoms with E-state index in [9.17, 15) is 4.79 Å². The smallest absolute Gasteiger partial charge is 0.458 e. The van der Waals surface area contributed by atoms with E-state index in [0.717, 1.165) is 32.1 Å². The molecule has 28 heavy (non-hydrogen) atoms. The molecule has 0 saturated carbocycles. The fourth-order valence-corrected chi connectivity index (χ4v) is 2.90. The minimum Gasteiger partial charge on any atom is -0.458 e. The van der Waals surface area contributed by atoms with Gasteiger partial charge in [0.15, 0.2) is 0 Å². The Hall–Kier alpha value is -0.885. The first-order valence-corrected chi connectivity index (χ1v) is 11.0. The van der Waals surface area contributed by atoms with Gasteiger partial charge in [-0.1, -0.05) is 70.4 Å². The van der Waals surface area contributed by atoms with Crippen molar-refractivity contribution >= 4 is 13.3 Å². The van der Waals surface area contributed by atoms with Crippen molar-refractivity contribution in [2.45, 2.75) is 103 Å². The van der Waals surface area contributed by atoms with Crippen molar-refractivity contribution in [3.63, 3.8) is 0 Å². The maximum absolute atomic E-state index is 11.7. The maximum Gasteiger partial charge on any atom is 0.634 e. The second-order valence-electron chi connectivity index (χ2n) is 7.29. The number of hydrogen-bond donors (Lipinski definition) is 3. The lowest BCUT2D eigenvalue weighted by Gasteiger charge is -2.15. The van der Waals surface area contributed by atoms with Gasteiger partial charge in [-0.2, -0.15) is 0 Å². The van der Waals surface area contributed by atoms with E-state index in [-0.39, 0.29) is 6.61 Å². The van der Waals surface area contributed by atoms with Crippen LogP contribution in [0.1, 0.15) is 96.8 Å². The largest absolute Gasteiger partial charge is 0.634 e. The number of carbonyl (C=O) groups is 1. The number of allylic oxidation sites excluding steroid dienone is 2. The highest BCUT2D eigenvalue weighted by molar-refractivity contribution is 6.32. The standard InChI is InChI=1S/C21H41BO6/c1-2-3-4-5-6-7-8-9-10-11-12-13-14-15-16-17-21(24)28-20(18-23)19-27-22(25)26/h9-10,20,23,25-26H,2-8,11-19H2,1H3. The molecule has 1 unspecified atom stereocenters. The van der Waals surface area contributed by atoms with E-state index in [1.807, 2.05) is 0 Å². The van der Waals surface area contributed by atoms with Gasteiger partial charge in [0, 0.05) is 6.42 Å². The molecule has 0 spiro atoms. The van der Waals surface area contributed by atoms with Gasteiger partial charge in [-0.15, -0.1) is 0 Å². The molecule has 0 aromatic rings. The van der Waals surface area contributed by atoms with E-state index in [1.165, 1.54) is 51.4 Å². The molecule has 0 aromatic heterocycles. The molecular formula is C21H41BO6. The van der Waals surface area contributed by atoms with Crippen LogP contribution >= 0.6 is 0 Å². The third-order valence-electron chi connectivity index (χ3n) is 4.58. The van der Waals surface area contributed by atoms with Gasteiger partial charge in [0.2, 0.25) is 0 Å². The number of aliphatic hydroxyl groups excluding tert-OH is 1. The molecule has 0 saturated heterocycles. The molecule has 164 valence electrons. The predicted octanol–water partition coefficient (Wildman–Crippen LogP) is 3.91. The summed E-state index contributed by atoms with van der Waals surface area (Å²) < 4.78 is 9.52. The predicted molar refractivity (Wildman–Crippen MR) is 113 cm³/mol. The minimum atomic E-state index is -1.93. The zero-order chi connectivity index (χ0) is 20.9. The van der Waals surface area contributed by atoms with E-state index in [2.05, 4.69) is 23.7 Å². The molecular weight excluding hydrogens is 359 g/mol. The van der Waals surface area contributed by atoms with Crippen LogP contribution in [0.3, 0.4) is 0 Å². The molecule has 3 N–H and O–H groups in total. The van der Waals surface area contributed by atoms with Crippen molar-refractivity contribution < 1.29 is 29.3 Å². The second-order valence-corrected chi connectivity index (χ2v) is 7.29. The summed E-state index contributed by atoms with van der Waals surface area (Å²) in [4.78, 5) is 11.7. The summed E-state index contributed by atoms with van der Waals surface area (Å²) in [5.41, 5.74) is 0. The van der Waals surface area contributed by atoms with E-state index >= 15 is 0 Å². The third kappa shape index (κ3) is 19.9. The van der Waals surface area contributed by atoms with Crippen molar-refractivity contribution in [1.29, 1.82) is 0 Å². The van der Waals surface area contributed by atoms with Crippen LogP contribution in [0.5, 0.6) is 0 Å². The Morgan fingerprint density at radius 2 is 1.43 bits per heavy atom. The highest BCUT2D eigenvalue weighted by Gasteiger charge is 2.17. The van der Waals surface area contributed by atoms with Gasteiger partial charge in [-0.25, -0.2) is 0 Å². The topological polar surface area (TPSA) is 96.2 Å². The Morgan fingerprint density at radius 3 is 1.96 bits per heavy atom. The lowest BCUT2D eigenvalue weighted by molar-refractivity contribution is -0.153. The van der Waals surface area contributed by atoms with Gasteiger partial charge in [-0.3, -0.25) is 4.79 Å². The number of aliphatic hydroxyl groups is 1. The summed E-state index contributed by atoms with van der Waals surface area (Å²) in [7, 11) is -1.93. The van der Waals surface area contributed by atoms with E-state index in [1.54, 1.807) is 0 Å². The Kier molecular flexibility index (Phi) is 20.2. The van der Waals surface area contributed by atoms with Crippen molar-refractivity contribution in [3.8, 4) is 0 Å². The summed E-state index contributed by atoms with van der Waals surface area (Å²) in [6.45, 7) is 1.59. The molecule has 0 rings (SSSR count). The number of rotatable bonds is 20. The quantitative estimate of drug-likeness (QED) is 0.124. The lowest BCUT2D eigenvalue weighted by atomic mass is 10.1. The van der Waals surface area contributed by atoms with Crippen LogP contribution in [0.15, 0.2) is 12.2 Å². The van der Waals surface area contributed by atoms with E-state index in [0.29, 0.717) is 6.42 Å². The number of hydrogen-bond acceptors (Lipinski definition) is 6. The summed E-state index contributed by atoms with van der Waals surface area (Å²) >= 11 is 0. The van der Waals surface area contributed by atoms with Crippen LogP contribution in [0.4, 0.5) is 0 Å². The van der Waals surface area contributed by atoms with Gasteiger partial charge < -0.3 is 24.5 Å². The Balaban J connectivity index is 3.42. The summed E-state index contributed by atoms with van der Waals surface area (Å²) in [5.74, 6) is -0.396. The Bertz CT molecular complexity index is 376. The fourth-order valence-electron chi connectivity index (χ4n) is 2.90. The maximum atomic E-state index is 11.7. The third-order valence-corrected chi connectivity index (χ3v) is 4.58. The van der Waals surface area contributed by atoms with Crippen LogP contribution < -0.4 is 0 Å². The van der Waals surface area contributed by atoms with Crippen LogP contribution in [0, 0.1) is 0 Å². The minimum absolute atomic E-state index is 0.244.